The van der Waals surface area contributed by atoms with E-state index < -0.39 is 10.2 Å². The van der Waals surface area contributed by atoms with Crippen molar-refractivity contribution in [1.29, 1.82) is 0 Å². The Bertz CT molecular complexity index is 928. The summed E-state index contributed by atoms with van der Waals surface area (Å²) >= 11 is 0. The predicted octanol–water partition coefficient (Wildman–Crippen LogP) is -1.41. The number of rotatable bonds is 2. The molecule has 0 N–H and O–H groups in total. The molecule has 0 aliphatic carbocycles. The fourth-order valence-corrected chi connectivity index (χ4v) is 2.85. The number of hydrogen-bond donors (Lipinski definition) is 0. The zero-order valence-electron chi connectivity index (χ0n) is 16.0. The quantitative estimate of drug-likeness (QED) is 0.486. The van der Waals surface area contributed by atoms with Crippen LogP contribution in [0.5, 0.6) is 0 Å². The van der Waals surface area contributed by atoms with Crippen LogP contribution in [-0.4, -0.2) is 4.57 Å². The van der Waals surface area contributed by atoms with Gasteiger partial charge in [-0.15, -0.1) is 10.2 Å². The van der Waals surface area contributed by atoms with Crippen molar-refractivity contribution < 1.29 is 33.4 Å². The maximum atomic E-state index is 13.1. The standard InChI is InChI=1S/C20H21N2O.ClHO4/c1-14-5-9-18(10-6-14)21-16(3)13-17(4)22(20(21)23)19-11-7-15(2)8-12-19;2-1(3,4)5/h5-13H,1-4H3;(H,2,3,4,5)/q+1;/p-1. The highest BCUT2D eigenvalue weighted by atomic mass is 35.7. The summed E-state index contributed by atoms with van der Waals surface area (Å²) in [7, 11) is -4.94. The van der Waals surface area contributed by atoms with E-state index in [1.54, 1.807) is 9.13 Å². The van der Waals surface area contributed by atoms with Crippen LogP contribution in [0, 0.1) is 37.9 Å². The molecule has 0 unspecified atom stereocenters. The molecule has 8 heteroatoms. The number of aromatic nitrogens is 2. The summed E-state index contributed by atoms with van der Waals surface area (Å²) in [5.74, 6) is 0. The topological polar surface area (TPSA) is 118 Å². The molecule has 0 saturated heterocycles. The minimum Gasteiger partial charge on any atom is -0.222 e. The molecule has 3 aromatic rings. The molecule has 0 fully saturated rings. The van der Waals surface area contributed by atoms with Crippen molar-refractivity contribution in [3.05, 3.63) is 87.6 Å². The molecule has 0 atom stereocenters. The number of hydrogen-bond acceptors (Lipinski definition) is 5. The summed E-state index contributed by atoms with van der Waals surface area (Å²) in [5, 5.41) is 0. The maximum absolute atomic E-state index is 13.1. The van der Waals surface area contributed by atoms with Crippen LogP contribution in [-0.2, 0) is 0 Å². The third kappa shape index (κ3) is 5.72. The van der Waals surface area contributed by atoms with Gasteiger partial charge in [-0.05, 0) is 52.0 Å². The molecular weight excluding hydrogens is 384 g/mol. The second kappa shape index (κ2) is 8.64. The first-order valence-electron chi connectivity index (χ1n) is 8.38. The minimum atomic E-state index is -4.94. The van der Waals surface area contributed by atoms with Crippen LogP contribution < -0.4 is 28.9 Å². The van der Waals surface area contributed by atoms with E-state index >= 15 is 0 Å². The third-order valence-electron chi connectivity index (χ3n) is 4.09. The van der Waals surface area contributed by atoms with Crippen LogP contribution in [0.15, 0.2) is 59.4 Å². The van der Waals surface area contributed by atoms with E-state index in [2.05, 4.69) is 0 Å². The molecule has 148 valence electrons. The number of nitrogens with zero attached hydrogens (tertiary/aromatic N) is 2. The third-order valence-corrected chi connectivity index (χ3v) is 4.09. The first kappa shape index (κ1) is 21.7. The van der Waals surface area contributed by atoms with Crippen LogP contribution in [0.4, 0.5) is 0 Å². The van der Waals surface area contributed by atoms with Crippen LogP contribution in [0.25, 0.3) is 11.4 Å². The second-order valence-corrected chi connectivity index (χ2v) is 7.19. The van der Waals surface area contributed by atoms with Gasteiger partial charge in [0.05, 0.1) is 0 Å². The molecule has 28 heavy (non-hydrogen) atoms. The SMILES string of the molecule is Cc1ccc(-n2c(C)cc(C)[n+](-c3ccc(C)cc3)c2=O)cc1.[O-][Cl+3]([O-])([O-])[O-]. The first-order valence-corrected chi connectivity index (χ1v) is 9.62. The summed E-state index contributed by atoms with van der Waals surface area (Å²) in [6.07, 6.45) is 0. The molecule has 1 heterocycles. The average Bonchev–Trinajstić information content (AvgIpc) is 2.56. The first-order chi connectivity index (χ1) is 13.0. The van der Waals surface area contributed by atoms with E-state index in [1.807, 2.05) is 82.3 Å². The molecule has 0 aliphatic heterocycles. The Morgan fingerprint density at radius 1 is 0.786 bits per heavy atom. The smallest absolute Gasteiger partial charge is 0.222 e. The summed E-state index contributed by atoms with van der Waals surface area (Å²) in [6, 6.07) is 18.1. The summed E-state index contributed by atoms with van der Waals surface area (Å²) in [4.78, 5) is 13.1. The van der Waals surface area contributed by atoms with Gasteiger partial charge < -0.3 is 0 Å². The van der Waals surface area contributed by atoms with Gasteiger partial charge in [0, 0.05) is 6.07 Å². The van der Waals surface area contributed by atoms with Crippen molar-refractivity contribution in [3.8, 4) is 11.4 Å². The van der Waals surface area contributed by atoms with Gasteiger partial charge in [0.1, 0.15) is 22.8 Å². The number of aryl methyl sites for hydroxylation is 4. The molecular formula is C20H21ClN2O5. The van der Waals surface area contributed by atoms with Crippen molar-refractivity contribution in [1.82, 2.24) is 4.57 Å². The molecule has 0 spiro atoms. The number of benzene rings is 2. The molecule has 2 aromatic carbocycles. The van der Waals surface area contributed by atoms with Gasteiger partial charge >= 0.3 is 5.69 Å². The molecule has 0 amide bonds. The molecule has 3 rings (SSSR count). The fourth-order valence-electron chi connectivity index (χ4n) is 2.85. The maximum Gasteiger partial charge on any atom is 0.508 e. The Kier molecular flexibility index (Phi) is 6.71. The van der Waals surface area contributed by atoms with Crippen LogP contribution in [0.3, 0.4) is 0 Å². The van der Waals surface area contributed by atoms with E-state index in [9.17, 15) is 4.79 Å². The van der Waals surface area contributed by atoms with E-state index in [0.29, 0.717) is 0 Å². The van der Waals surface area contributed by atoms with Gasteiger partial charge in [0.25, 0.3) is 0 Å². The lowest BCUT2D eigenvalue weighted by Crippen LogP contribution is -2.68. The van der Waals surface area contributed by atoms with E-state index in [0.717, 1.165) is 22.8 Å². The van der Waals surface area contributed by atoms with E-state index in [-0.39, 0.29) is 5.69 Å². The lowest BCUT2D eigenvalue weighted by molar-refractivity contribution is -2.00. The Morgan fingerprint density at radius 3 is 1.68 bits per heavy atom. The molecule has 0 bridgehead atoms. The molecule has 0 aliphatic rings. The highest BCUT2D eigenvalue weighted by molar-refractivity contribution is 5.36. The number of halogens is 1. The Morgan fingerprint density at radius 2 is 1.21 bits per heavy atom. The zero-order valence-corrected chi connectivity index (χ0v) is 16.8. The van der Waals surface area contributed by atoms with Gasteiger partial charge in [-0.3, -0.25) is 0 Å². The van der Waals surface area contributed by atoms with Crippen LogP contribution in [0.2, 0.25) is 0 Å². The summed E-state index contributed by atoms with van der Waals surface area (Å²) in [6.45, 7) is 8.02. The van der Waals surface area contributed by atoms with Crippen molar-refractivity contribution in [2.45, 2.75) is 27.7 Å². The highest BCUT2D eigenvalue weighted by Crippen LogP contribution is 2.11. The lowest BCUT2D eigenvalue weighted by Gasteiger charge is -2.17. The fraction of sp³-hybridized carbons (Fsp3) is 0.200. The Balaban J connectivity index is 0.000000500. The van der Waals surface area contributed by atoms with Crippen molar-refractivity contribution in [2.75, 3.05) is 0 Å². The van der Waals surface area contributed by atoms with E-state index in [4.69, 9.17) is 18.6 Å². The van der Waals surface area contributed by atoms with Crippen molar-refractivity contribution >= 4 is 0 Å². The lowest BCUT2D eigenvalue weighted by atomic mass is 10.2. The van der Waals surface area contributed by atoms with Crippen molar-refractivity contribution in [3.63, 3.8) is 0 Å². The van der Waals surface area contributed by atoms with Gasteiger partial charge in [-0.2, -0.15) is 13.9 Å². The zero-order chi connectivity index (χ0) is 21.1. The molecule has 1 aromatic heterocycles. The molecule has 0 radical (unpaired) electrons. The molecule has 0 saturated carbocycles. The van der Waals surface area contributed by atoms with Gasteiger partial charge in [-0.1, -0.05) is 35.4 Å². The average molecular weight is 405 g/mol. The normalized spacial score (nSPS) is 11.0. The van der Waals surface area contributed by atoms with Gasteiger partial charge in [-0.25, -0.2) is 18.6 Å². The highest BCUT2D eigenvalue weighted by Gasteiger charge is 2.20. The van der Waals surface area contributed by atoms with E-state index in [1.165, 1.54) is 11.1 Å². The Labute approximate surface area is 165 Å². The van der Waals surface area contributed by atoms with Gasteiger partial charge in [0.15, 0.2) is 0 Å². The second-order valence-electron chi connectivity index (χ2n) is 6.43. The monoisotopic (exact) mass is 404 g/mol. The van der Waals surface area contributed by atoms with Crippen molar-refractivity contribution in [2.24, 2.45) is 0 Å². The van der Waals surface area contributed by atoms with Gasteiger partial charge in [0.2, 0.25) is 0 Å². The Hall–Kier alpha value is -2.55. The largest absolute Gasteiger partial charge is 0.508 e. The van der Waals surface area contributed by atoms with Crippen LogP contribution >= 0.6 is 0 Å². The predicted molar refractivity (Wildman–Crippen MR) is 92.5 cm³/mol. The summed E-state index contributed by atoms with van der Waals surface area (Å²) in [5.41, 5.74) is 5.95. The summed E-state index contributed by atoms with van der Waals surface area (Å²) < 4.78 is 37.5. The van der Waals surface area contributed by atoms with Crippen LogP contribution in [0.1, 0.15) is 22.5 Å². The molecule has 7 nitrogen and oxygen atoms in total. The minimum absolute atomic E-state index is 0.0461.